The lowest BCUT2D eigenvalue weighted by atomic mass is 10.0. The lowest BCUT2D eigenvalue weighted by Gasteiger charge is -2.34. The maximum atomic E-state index is 12.4. The maximum Gasteiger partial charge on any atom is 0.244 e. The minimum Gasteiger partial charge on any atom is -0.338 e. The minimum atomic E-state index is -3.19. The van der Waals surface area contributed by atoms with Crippen molar-refractivity contribution in [1.29, 1.82) is 0 Å². The van der Waals surface area contributed by atoms with Crippen LogP contribution in [-0.2, 0) is 14.8 Å². The molecule has 0 saturated carbocycles. The first kappa shape index (κ1) is 15.9. The highest BCUT2D eigenvalue weighted by Gasteiger charge is 2.29. The average molecular weight is 311 g/mol. The van der Waals surface area contributed by atoms with Crippen molar-refractivity contribution in [3.8, 4) is 0 Å². The summed E-state index contributed by atoms with van der Waals surface area (Å²) in [7, 11) is -3.19. The Kier molecular flexibility index (Phi) is 4.65. The van der Waals surface area contributed by atoms with Gasteiger partial charge in [0.05, 0.1) is 6.26 Å². The summed E-state index contributed by atoms with van der Waals surface area (Å²) in [4.78, 5) is 14.0. The van der Waals surface area contributed by atoms with Crippen LogP contribution in [0.2, 0.25) is 0 Å². The van der Waals surface area contributed by atoms with Crippen LogP contribution in [0.15, 0.2) is 24.3 Å². The second kappa shape index (κ2) is 6.13. The monoisotopic (exact) mass is 311 g/mol. The molecule has 1 amide bonds. The summed E-state index contributed by atoms with van der Waals surface area (Å²) in [6.07, 6.45) is 1.18. The Morgan fingerprint density at radius 1 is 1.14 bits per heavy atom. The van der Waals surface area contributed by atoms with Crippen molar-refractivity contribution in [3.63, 3.8) is 0 Å². The fourth-order valence-corrected chi connectivity index (χ4v) is 3.18. The van der Waals surface area contributed by atoms with E-state index in [1.54, 1.807) is 4.90 Å². The predicted octanol–water partition coefficient (Wildman–Crippen LogP) is 0.0986. The molecule has 116 valence electrons. The van der Waals surface area contributed by atoms with Crippen molar-refractivity contribution in [3.05, 3.63) is 35.4 Å². The van der Waals surface area contributed by atoms with E-state index in [9.17, 15) is 13.2 Å². The Morgan fingerprint density at radius 3 is 2.14 bits per heavy atom. The van der Waals surface area contributed by atoms with E-state index in [4.69, 9.17) is 5.73 Å². The molecule has 1 fully saturated rings. The second-order valence-electron chi connectivity index (χ2n) is 5.38. The van der Waals surface area contributed by atoms with Crippen molar-refractivity contribution < 1.29 is 13.2 Å². The minimum absolute atomic E-state index is 0.160. The van der Waals surface area contributed by atoms with E-state index in [0.717, 1.165) is 11.1 Å². The molecule has 1 heterocycles. The SMILES string of the molecule is Cc1ccc(C(N)C(=O)N2CCN(S(C)(=O)=O)CC2)cc1. The Labute approximate surface area is 125 Å². The molecule has 2 N–H and O–H groups in total. The molecule has 0 radical (unpaired) electrons. The third kappa shape index (κ3) is 3.81. The number of nitrogens with two attached hydrogens (primary N) is 1. The molecule has 2 rings (SSSR count). The van der Waals surface area contributed by atoms with Gasteiger partial charge in [-0.15, -0.1) is 0 Å². The molecule has 7 heteroatoms. The standard InChI is InChI=1S/C14H21N3O3S/c1-11-3-5-12(6-4-11)13(15)14(18)16-7-9-17(10-8-16)21(2,19)20/h3-6,13H,7-10,15H2,1-2H3. The van der Waals surface area contributed by atoms with Crippen molar-refractivity contribution in [2.45, 2.75) is 13.0 Å². The topological polar surface area (TPSA) is 83.7 Å². The van der Waals surface area contributed by atoms with Crippen LogP contribution in [0, 0.1) is 6.92 Å². The number of aryl methyl sites for hydroxylation is 1. The van der Waals surface area contributed by atoms with Crippen molar-refractivity contribution in [2.75, 3.05) is 32.4 Å². The van der Waals surface area contributed by atoms with Crippen LogP contribution in [0.5, 0.6) is 0 Å². The molecule has 0 spiro atoms. The molecule has 6 nitrogen and oxygen atoms in total. The largest absolute Gasteiger partial charge is 0.338 e. The van der Waals surface area contributed by atoms with Gasteiger partial charge in [0.1, 0.15) is 6.04 Å². The first-order chi connectivity index (χ1) is 9.79. The molecule has 1 aliphatic rings. The summed E-state index contributed by atoms with van der Waals surface area (Å²) in [6, 6.07) is 6.85. The van der Waals surface area contributed by atoms with Crippen LogP contribution >= 0.6 is 0 Å². The van der Waals surface area contributed by atoms with Crippen LogP contribution in [0.25, 0.3) is 0 Å². The van der Waals surface area contributed by atoms with Gasteiger partial charge < -0.3 is 10.6 Å². The molecule has 1 aromatic carbocycles. The molecular weight excluding hydrogens is 290 g/mol. The number of rotatable bonds is 3. The van der Waals surface area contributed by atoms with Gasteiger partial charge in [0.2, 0.25) is 15.9 Å². The summed E-state index contributed by atoms with van der Waals surface area (Å²) in [6.45, 7) is 3.38. The molecule has 1 saturated heterocycles. The molecule has 0 aromatic heterocycles. The van der Waals surface area contributed by atoms with E-state index in [0.29, 0.717) is 26.2 Å². The number of hydrogen-bond donors (Lipinski definition) is 1. The highest BCUT2D eigenvalue weighted by Crippen LogP contribution is 2.16. The summed E-state index contributed by atoms with van der Waals surface area (Å²) in [5, 5.41) is 0. The van der Waals surface area contributed by atoms with E-state index in [1.165, 1.54) is 10.6 Å². The Morgan fingerprint density at radius 2 is 1.67 bits per heavy atom. The molecule has 21 heavy (non-hydrogen) atoms. The van der Waals surface area contributed by atoms with Crippen molar-refractivity contribution in [2.24, 2.45) is 5.73 Å². The molecule has 1 atom stereocenters. The number of nitrogens with zero attached hydrogens (tertiary/aromatic N) is 2. The Bertz CT molecular complexity index is 605. The Balaban J connectivity index is 2.00. The predicted molar refractivity (Wildman–Crippen MR) is 81.1 cm³/mol. The average Bonchev–Trinajstić information content (AvgIpc) is 2.46. The van der Waals surface area contributed by atoms with Gasteiger partial charge in [-0.25, -0.2) is 8.42 Å². The molecule has 1 unspecified atom stereocenters. The van der Waals surface area contributed by atoms with Crippen LogP contribution in [0.3, 0.4) is 0 Å². The smallest absolute Gasteiger partial charge is 0.244 e. The third-order valence-electron chi connectivity index (χ3n) is 3.72. The van der Waals surface area contributed by atoms with Crippen LogP contribution < -0.4 is 5.73 Å². The van der Waals surface area contributed by atoms with Gasteiger partial charge in [0.15, 0.2) is 0 Å². The normalized spacial score (nSPS) is 18.5. The summed E-state index contributed by atoms with van der Waals surface area (Å²) in [5.41, 5.74) is 7.90. The van der Waals surface area contributed by atoms with Crippen molar-refractivity contribution >= 4 is 15.9 Å². The summed E-state index contributed by atoms with van der Waals surface area (Å²) >= 11 is 0. The highest BCUT2D eigenvalue weighted by molar-refractivity contribution is 7.88. The molecule has 0 aliphatic carbocycles. The van der Waals surface area contributed by atoms with Crippen LogP contribution in [0.4, 0.5) is 0 Å². The number of carbonyl (C=O) groups excluding carboxylic acids is 1. The zero-order chi connectivity index (χ0) is 15.6. The lowest BCUT2D eigenvalue weighted by Crippen LogP contribution is -2.52. The molecule has 1 aliphatic heterocycles. The number of hydrogen-bond acceptors (Lipinski definition) is 4. The summed E-state index contributed by atoms with van der Waals surface area (Å²) < 4.78 is 24.3. The van der Waals surface area contributed by atoms with E-state index < -0.39 is 16.1 Å². The second-order valence-corrected chi connectivity index (χ2v) is 7.36. The fraction of sp³-hybridized carbons (Fsp3) is 0.500. The zero-order valence-electron chi connectivity index (χ0n) is 12.3. The first-order valence-corrected chi connectivity index (χ1v) is 8.70. The highest BCUT2D eigenvalue weighted by atomic mass is 32.2. The van der Waals surface area contributed by atoms with Gasteiger partial charge in [0.25, 0.3) is 0 Å². The van der Waals surface area contributed by atoms with E-state index in [2.05, 4.69) is 0 Å². The third-order valence-corrected chi connectivity index (χ3v) is 5.03. The van der Waals surface area contributed by atoms with Crippen LogP contribution in [-0.4, -0.2) is 56.0 Å². The van der Waals surface area contributed by atoms with E-state index in [1.807, 2.05) is 31.2 Å². The molecule has 1 aromatic rings. The summed E-state index contributed by atoms with van der Waals surface area (Å²) in [5.74, 6) is -0.160. The Hall–Kier alpha value is -1.44. The molecular formula is C14H21N3O3S. The number of piperazine rings is 1. The first-order valence-electron chi connectivity index (χ1n) is 6.85. The number of carbonyl (C=O) groups is 1. The number of amides is 1. The van der Waals surface area contributed by atoms with Crippen molar-refractivity contribution in [1.82, 2.24) is 9.21 Å². The maximum absolute atomic E-state index is 12.4. The molecule has 0 bridgehead atoms. The van der Waals surface area contributed by atoms with Gasteiger partial charge in [-0.1, -0.05) is 29.8 Å². The van der Waals surface area contributed by atoms with Gasteiger partial charge in [0, 0.05) is 26.2 Å². The van der Waals surface area contributed by atoms with Gasteiger partial charge in [-0.3, -0.25) is 4.79 Å². The quantitative estimate of drug-likeness (QED) is 0.858. The van der Waals surface area contributed by atoms with E-state index >= 15 is 0 Å². The fourth-order valence-electron chi connectivity index (χ4n) is 2.35. The van der Waals surface area contributed by atoms with Gasteiger partial charge >= 0.3 is 0 Å². The zero-order valence-corrected chi connectivity index (χ0v) is 13.1. The van der Waals surface area contributed by atoms with Gasteiger partial charge in [-0.2, -0.15) is 4.31 Å². The lowest BCUT2D eigenvalue weighted by molar-refractivity contribution is -0.133. The van der Waals surface area contributed by atoms with E-state index in [-0.39, 0.29) is 5.91 Å². The number of sulfonamides is 1. The van der Waals surface area contributed by atoms with Crippen LogP contribution in [0.1, 0.15) is 17.2 Å². The van der Waals surface area contributed by atoms with Gasteiger partial charge in [-0.05, 0) is 12.5 Å². The number of benzene rings is 1.